The van der Waals surface area contributed by atoms with E-state index in [1.165, 1.54) is 6.07 Å². The summed E-state index contributed by atoms with van der Waals surface area (Å²) in [5.41, 5.74) is 0.336. The Hall–Kier alpha value is -1.42. The summed E-state index contributed by atoms with van der Waals surface area (Å²) in [5, 5.41) is 3.14. The van der Waals surface area contributed by atoms with Crippen molar-refractivity contribution in [2.75, 3.05) is 20.1 Å². The van der Waals surface area contributed by atoms with Gasteiger partial charge in [-0.1, -0.05) is 18.2 Å². The van der Waals surface area contributed by atoms with E-state index in [4.69, 9.17) is 0 Å². The number of hydrogen-bond acceptors (Lipinski definition) is 2. The highest BCUT2D eigenvalue weighted by atomic mass is 19.1. The monoisotopic (exact) mass is 264 g/mol. The number of carbonyl (C=O) groups is 1. The predicted octanol–water partition coefficient (Wildman–Crippen LogP) is 1.97. The summed E-state index contributed by atoms with van der Waals surface area (Å²) in [6, 6.07) is 6.49. The summed E-state index contributed by atoms with van der Waals surface area (Å²) in [6.45, 7) is 3.64. The number of likely N-dealkylation sites (tertiary alicyclic amines) is 1. The third-order valence-corrected chi connectivity index (χ3v) is 3.91. The summed E-state index contributed by atoms with van der Waals surface area (Å²) in [4.78, 5) is 14.3. The van der Waals surface area contributed by atoms with E-state index in [1.807, 2.05) is 11.9 Å². The number of hydrogen-bond donors (Lipinski definition) is 1. The average molecular weight is 264 g/mol. The molecule has 0 aliphatic carbocycles. The molecule has 0 bridgehead atoms. The van der Waals surface area contributed by atoms with Crippen LogP contribution in [0.3, 0.4) is 0 Å². The molecule has 1 unspecified atom stereocenters. The van der Waals surface area contributed by atoms with Gasteiger partial charge in [0.2, 0.25) is 5.91 Å². The molecule has 1 fully saturated rings. The van der Waals surface area contributed by atoms with E-state index in [0.29, 0.717) is 5.56 Å². The van der Waals surface area contributed by atoms with Gasteiger partial charge in [0.1, 0.15) is 5.82 Å². The lowest BCUT2D eigenvalue weighted by Gasteiger charge is -2.35. The fourth-order valence-corrected chi connectivity index (χ4v) is 2.91. The van der Waals surface area contributed by atoms with Gasteiger partial charge in [-0.25, -0.2) is 4.39 Å². The fourth-order valence-electron chi connectivity index (χ4n) is 2.91. The van der Waals surface area contributed by atoms with Gasteiger partial charge >= 0.3 is 0 Å². The van der Waals surface area contributed by atoms with Crippen LogP contribution in [-0.4, -0.2) is 36.5 Å². The Bertz CT molecular complexity index is 463. The van der Waals surface area contributed by atoms with Crippen molar-refractivity contribution in [1.82, 2.24) is 10.2 Å². The van der Waals surface area contributed by atoms with Crippen molar-refractivity contribution in [3.63, 3.8) is 0 Å². The molecule has 1 aromatic rings. The SMILES string of the molecule is CNCC1(C)CCCN1C(=O)Cc1ccccc1F. The number of nitrogens with zero attached hydrogens (tertiary/aromatic N) is 1. The lowest BCUT2D eigenvalue weighted by molar-refractivity contribution is -0.134. The second kappa shape index (κ2) is 5.70. The van der Waals surface area contributed by atoms with Crippen LogP contribution in [-0.2, 0) is 11.2 Å². The van der Waals surface area contributed by atoms with E-state index >= 15 is 0 Å². The minimum absolute atomic E-state index is 0.0142. The molecule has 1 heterocycles. The highest BCUT2D eigenvalue weighted by Crippen LogP contribution is 2.29. The third kappa shape index (κ3) is 2.95. The molecule has 4 heteroatoms. The largest absolute Gasteiger partial charge is 0.336 e. The molecule has 0 saturated carbocycles. The summed E-state index contributed by atoms with van der Waals surface area (Å²) < 4.78 is 13.6. The Balaban J connectivity index is 2.10. The summed E-state index contributed by atoms with van der Waals surface area (Å²) >= 11 is 0. The summed E-state index contributed by atoms with van der Waals surface area (Å²) in [6.07, 6.45) is 2.16. The lowest BCUT2D eigenvalue weighted by Crippen LogP contribution is -2.51. The van der Waals surface area contributed by atoms with Crippen LogP contribution in [0.5, 0.6) is 0 Å². The molecule has 104 valence electrons. The van der Waals surface area contributed by atoms with Crippen LogP contribution in [0, 0.1) is 5.82 Å². The minimum Gasteiger partial charge on any atom is -0.336 e. The normalized spacial score (nSPS) is 22.8. The molecule has 0 radical (unpaired) electrons. The topological polar surface area (TPSA) is 32.3 Å². The van der Waals surface area contributed by atoms with Crippen LogP contribution in [0.25, 0.3) is 0 Å². The van der Waals surface area contributed by atoms with Crippen molar-refractivity contribution in [1.29, 1.82) is 0 Å². The zero-order valence-electron chi connectivity index (χ0n) is 11.6. The summed E-state index contributed by atoms with van der Waals surface area (Å²) in [7, 11) is 1.89. The van der Waals surface area contributed by atoms with Gasteiger partial charge in [-0.15, -0.1) is 0 Å². The van der Waals surface area contributed by atoms with Crippen LogP contribution < -0.4 is 5.32 Å². The van der Waals surface area contributed by atoms with Crippen LogP contribution in [0.15, 0.2) is 24.3 Å². The summed E-state index contributed by atoms with van der Waals surface area (Å²) in [5.74, 6) is -0.286. The van der Waals surface area contributed by atoms with Crippen molar-refractivity contribution < 1.29 is 9.18 Å². The molecule has 3 nitrogen and oxygen atoms in total. The first kappa shape index (κ1) is 14.0. The van der Waals surface area contributed by atoms with Gasteiger partial charge < -0.3 is 10.2 Å². The Morgan fingerprint density at radius 2 is 2.21 bits per heavy atom. The molecule has 2 rings (SSSR count). The molecule has 1 N–H and O–H groups in total. The Kier molecular flexibility index (Phi) is 4.20. The molecule has 1 saturated heterocycles. The molecular formula is C15H21FN2O. The maximum Gasteiger partial charge on any atom is 0.227 e. The highest BCUT2D eigenvalue weighted by molar-refractivity contribution is 5.80. The van der Waals surface area contributed by atoms with E-state index in [1.54, 1.807) is 18.2 Å². The van der Waals surface area contributed by atoms with Crippen molar-refractivity contribution >= 4 is 5.91 Å². The van der Waals surface area contributed by atoms with E-state index < -0.39 is 0 Å². The Morgan fingerprint density at radius 1 is 1.47 bits per heavy atom. The average Bonchev–Trinajstić information content (AvgIpc) is 2.74. The zero-order valence-corrected chi connectivity index (χ0v) is 11.6. The van der Waals surface area contributed by atoms with Crippen molar-refractivity contribution in [2.24, 2.45) is 0 Å². The van der Waals surface area contributed by atoms with Crippen LogP contribution in [0.4, 0.5) is 4.39 Å². The van der Waals surface area contributed by atoms with Crippen molar-refractivity contribution in [2.45, 2.75) is 31.7 Å². The highest BCUT2D eigenvalue weighted by Gasteiger charge is 2.38. The number of carbonyl (C=O) groups excluding carboxylic acids is 1. The molecule has 1 aromatic carbocycles. The molecule has 1 atom stereocenters. The van der Waals surface area contributed by atoms with Crippen molar-refractivity contribution in [3.8, 4) is 0 Å². The maximum atomic E-state index is 13.6. The van der Waals surface area contributed by atoms with Crippen LogP contribution in [0.1, 0.15) is 25.3 Å². The second-order valence-electron chi connectivity index (χ2n) is 5.44. The molecule has 0 spiro atoms. The second-order valence-corrected chi connectivity index (χ2v) is 5.44. The van der Waals surface area contributed by atoms with Gasteiger partial charge in [0.05, 0.1) is 12.0 Å². The molecule has 1 aliphatic rings. The van der Waals surface area contributed by atoms with Gasteiger partial charge in [-0.2, -0.15) is 0 Å². The van der Waals surface area contributed by atoms with Gasteiger partial charge in [0.15, 0.2) is 0 Å². The Labute approximate surface area is 113 Å². The smallest absolute Gasteiger partial charge is 0.227 e. The number of amides is 1. The first-order valence-electron chi connectivity index (χ1n) is 6.75. The standard InChI is InChI=1S/C15H21FN2O/c1-15(11-17-2)8-5-9-18(15)14(19)10-12-6-3-4-7-13(12)16/h3-4,6-7,17H,5,8-11H2,1-2H3. The molecule has 1 amide bonds. The first-order chi connectivity index (χ1) is 9.07. The number of nitrogens with one attached hydrogen (secondary N) is 1. The van der Waals surface area contributed by atoms with Gasteiger partial charge in [0.25, 0.3) is 0 Å². The lowest BCUT2D eigenvalue weighted by atomic mass is 9.98. The molecular weight excluding hydrogens is 243 g/mol. The molecule has 1 aliphatic heterocycles. The Morgan fingerprint density at radius 3 is 2.89 bits per heavy atom. The van der Waals surface area contributed by atoms with E-state index in [9.17, 15) is 9.18 Å². The van der Waals surface area contributed by atoms with E-state index in [0.717, 1.165) is 25.9 Å². The maximum absolute atomic E-state index is 13.6. The van der Waals surface area contributed by atoms with E-state index in [-0.39, 0.29) is 23.7 Å². The van der Waals surface area contributed by atoms with Crippen LogP contribution in [0.2, 0.25) is 0 Å². The fraction of sp³-hybridized carbons (Fsp3) is 0.533. The molecule has 19 heavy (non-hydrogen) atoms. The van der Waals surface area contributed by atoms with Gasteiger partial charge in [-0.3, -0.25) is 4.79 Å². The quantitative estimate of drug-likeness (QED) is 0.901. The first-order valence-corrected chi connectivity index (χ1v) is 6.75. The van der Waals surface area contributed by atoms with E-state index in [2.05, 4.69) is 12.2 Å². The van der Waals surface area contributed by atoms with Gasteiger partial charge in [-0.05, 0) is 38.4 Å². The number of benzene rings is 1. The van der Waals surface area contributed by atoms with Crippen molar-refractivity contribution in [3.05, 3.63) is 35.6 Å². The number of likely N-dealkylation sites (N-methyl/N-ethyl adjacent to an activating group) is 1. The number of rotatable bonds is 4. The zero-order chi connectivity index (χ0) is 13.9. The van der Waals surface area contributed by atoms with Crippen LogP contribution >= 0.6 is 0 Å². The minimum atomic E-state index is -0.301. The number of halogens is 1. The third-order valence-electron chi connectivity index (χ3n) is 3.91. The molecule has 0 aromatic heterocycles. The predicted molar refractivity (Wildman–Crippen MR) is 73.4 cm³/mol. The van der Waals surface area contributed by atoms with Gasteiger partial charge in [0, 0.05) is 13.1 Å².